The number of hydroxylamine groups is 2. The van der Waals surface area contributed by atoms with E-state index in [4.69, 9.17) is 9.72 Å². The smallest absolute Gasteiger partial charge is 0.247 e. The van der Waals surface area contributed by atoms with Crippen LogP contribution in [0.15, 0.2) is 67.5 Å². The summed E-state index contributed by atoms with van der Waals surface area (Å²) in [5.74, 6) is 0.333. The van der Waals surface area contributed by atoms with Crippen LogP contribution >= 0.6 is 0 Å². The normalized spacial score (nSPS) is 12.8. The molecule has 0 aliphatic rings. The lowest BCUT2D eigenvalue weighted by molar-refractivity contribution is -0.111. The molecule has 1 unspecified atom stereocenters. The summed E-state index contributed by atoms with van der Waals surface area (Å²) in [5, 5.41) is 20.6. The molecule has 198 valence electrons. The van der Waals surface area contributed by atoms with Gasteiger partial charge in [-0.05, 0) is 38.4 Å². The number of quaternary nitrogens is 1. The summed E-state index contributed by atoms with van der Waals surface area (Å²) in [4.78, 5) is 23.3. The van der Waals surface area contributed by atoms with E-state index in [0.29, 0.717) is 35.3 Å². The lowest BCUT2D eigenvalue weighted by Gasteiger charge is -2.40. The number of methoxy groups -OCH3 is 1. The zero-order valence-corrected chi connectivity index (χ0v) is 22.4. The molecule has 10 heteroatoms. The Morgan fingerprint density at radius 2 is 2.00 bits per heavy atom. The minimum atomic E-state index is -0.714. The molecule has 0 saturated carbocycles. The molecule has 4 rings (SSSR count). The molecule has 4 aromatic rings. The van der Waals surface area contributed by atoms with Gasteiger partial charge < -0.3 is 34.7 Å². The number of anilines is 3. The zero-order chi connectivity index (χ0) is 27.4. The van der Waals surface area contributed by atoms with Crippen molar-refractivity contribution >= 4 is 39.8 Å². The number of aryl methyl sites for hydroxylation is 1. The van der Waals surface area contributed by atoms with Gasteiger partial charge in [-0.15, -0.1) is 0 Å². The number of fused-ring (bicyclic) bond motifs is 1. The first-order valence-corrected chi connectivity index (χ1v) is 12.1. The first kappa shape index (κ1) is 26.8. The first-order valence-electron chi connectivity index (χ1n) is 12.1. The van der Waals surface area contributed by atoms with Crippen LogP contribution in [0.1, 0.15) is 0 Å². The van der Waals surface area contributed by atoms with Crippen LogP contribution in [0.4, 0.5) is 23.0 Å². The summed E-state index contributed by atoms with van der Waals surface area (Å²) >= 11 is 0. The van der Waals surface area contributed by atoms with Gasteiger partial charge in [0.2, 0.25) is 11.9 Å². The average molecular weight is 516 g/mol. The molecule has 1 amide bonds. The number of carbonyl (C=O) groups excluding carboxylic acids is 1. The Morgan fingerprint density at radius 3 is 2.71 bits per heavy atom. The Labute approximate surface area is 222 Å². The van der Waals surface area contributed by atoms with Gasteiger partial charge in [-0.3, -0.25) is 4.79 Å². The molecule has 38 heavy (non-hydrogen) atoms. The Morgan fingerprint density at radius 1 is 1.24 bits per heavy atom. The molecular formula is C28H33N7O3. The fraction of sp³-hybridized carbons (Fsp3) is 0.250. The lowest BCUT2D eigenvalue weighted by atomic mass is 10.1. The summed E-state index contributed by atoms with van der Waals surface area (Å²) < 4.78 is 6.97. The summed E-state index contributed by atoms with van der Waals surface area (Å²) in [5.41, 5.74) is 4.04. The number of aromatic nitrogens is 3. The second-order valence-corrected chi connectivity index (χ2v) is 9.45. The topological polar surface area (TPSA) is 107 Å². The van der Waals surface area contributed by atoms with E-state index in [0.717, 1.165) is 28.2 Å². The van der Waals surface area contributed by atoms with Gasteiger partial charge in [0.05, 0.1) is 32.1 Å². The van der Waals surface area contributed by atoms with Crippen LogP contribution in [-0.4, -0.2) is 66.7 Å². The Kier molecular flexibility index (Phi) is 7.77. The number of ether oxygens (including phenoxy) is 1. The highest BCUT2D eigenvalue weighted by molar-refractivity contribution is 6.02. The minimum Gasteiger partial charge on any atom is -0.627 e. The lowest BCUT2D eigenvalue weighted by Crippen LogP contribution is -2.44. The summed E-state index contributed by atoms with van der Waals surface area (Å²) in [7, 11) is 8.87. The number of carbonyl (C=O) groups is 1. The summed E-state index contributed by atoms with van der Waals surface area (Å²) in [6.07, 6.45) is 4.88. The van der Waals surface area contributed by atoms with Gasteiger partial charge in [0.25, 0.3) is 0 Å². The minimum absolute atomic E-state index is 0.274. The number of nitrogens with zero attached hydrogens (tertiary/aromatic N) is 5. The van der Waals surface area contributed by atoms with Crippen molar-refractivity contribution in [2.45, 2.75) is 0 Å². The number of nitrogens with one attached hydrogen (secondary N) is 2. The van der Waals surface area contributed by atoms with Gasteiger partial charge in [0, 0.05) is 48.5 Å². The molecule has 0 fully saturated rings. The van der Waals surface area contributed by atoms with Crippen molar-refractivity contribution in [1.29, 1.82) is 0 Å². The molecular weight excluding hydrogens is 482 g/mol. The van der Waals surface area contributed by atoms with E-state index >= 15 is 0 Å². The number of para-hydroxylation sites is 1. The van der Waals surface area contributed by atoms with Gasteiger partial charge in [-0.1, -0.05) is 24.8 Å². The molecule has 0 radical (unpaired) electrons. The number of hydrogen-bond acceptors (Lipinski definition) is 7. The molecule has 10 nitrogen and oxygen atoms in total. The average Bonchev–Trinajstić information content (AvgIpc) is 3.24. The molecule has 0 bridgehead atoms. The van der Waals surface area contributed by atoms with Crippen LogP contribution in [-0.2, 0) is 11.8 Å². The van der Waals surface area contributed by atoms with Gasteiger partial charge in [0.15, 0.2) is 5.69 Å². The number of hydrogen-bond donors (Lipinski definition) is 2. The van der Waals surface area contributed by atoms with E-state index in [1.54, 1.807) is 25.4 Å². The van der Waals surface area contributed by atoms with Gasteiger partial charge >= 0.3 is 0 Å². The maximum absolute atomic E-state index is 13.6. The number of benzene rings is 2. The second-order valence-electron chi connectivity index (χ2n) is 9.45. The third-order valence-electron chi connectivity index (χ3n) is 6.32. The molecule has 1 atom stereocenters. The van der Waals surface area contributed by atoms with Crippen LogP contribution in [0, 0.1) is 5.21 Å². The van der Waals surface area contributed by atoms with E-state index in [1.165, 1.54) is 7.11 Å². The third-order valence-corrected chi connectivity index (χ3v) is 6.32. The maximum atomic E-state index is 13.6. The molecule has 2 aromatic carbocycles. The van der Waals surface area contributed by atoms with E-state index in [-0.39, 0.29) is 6.54 Å². The van der Waals surface area contributed by atoms with Crippen molar-refractivity contribution in [1.82, 2.24) is 24.1 Å². The molecule has 2 aromatic heterocycles. The van der Waals surface area contributed by atoms with Gasteiger partial charge in [-0.2, -0.15) is 0 Å². The standard InChI is InChI=1S/C28H33N7O3/c1-7-27(36)30-22-16-23(26(38-6)17-25(22)35(5,37)15-14-33(2)3)32-28-29-13-12-21(31-28)20-18-34(4)24-11-9-8-10-19(20)24/h7-13,16-18H,1,14-15H2,2-6H3,(H,30,36)(H,29,31,32). The Bertz CT molecular complexity index is 1480. The van der Waals surface area contributed by atoms with E-state index < -0.39 is 10.6 Å². The molecule has 2 N–H and O–H groups in total. The van der Waals surface area contributed by atoms with Crippen molar-refractivity contribution in [3.05, 3.63) is 72.7 Å². The third kappa shape index (κ3) is 5.67. The largest absolute Gasteiger partial charge is 0.627 e. The molecule has 0 spiro atoms. The van der Waals surface area contributed by atoms with Crippen LogP contribution in [0.5, 0.6) is 5.75 Å². The fourth-order valence-electron chi connectivity index (χ4n) is 4.26. The van der Waals surface area contributed by atoms with E-state index in [9.17, 15) is 10.0 Å². The zero-order valence-electron chi connectivity index (χ0n) is 22.4. The number of amides is 1. The second kappa shape index (κ2) is 11.0. The van der Waals surface area contributed by atoms with Crippen LogP contribution in [0.2, 0.25) is 0 Å². The SMILES string of the molecule is C=CC(=O)Nc1cc(Nc2nccc(-c3cn(C)c4ccccc34)n2)c(OC)cc1[N+](C)([O-])CCN(C)C. The quantitative estimate of drug-likeness (QED) is 0.182. The van der Waals surface area contributed by atoms with Crippen molar-refractivity contribution in [3.63, 3.8) is 0 Å². The van der Waals surface area contributed by atoms with Crippen molar-refractivity contribution in [3.8, 4) is 17.0 Å². The highest BCUT2D eigenvalue weighted by Crippen LogP contribution is 2.40. The number of likely N-dealkylation sites (N-methyl/N-ethyl adjacent to an activating group) is 2. The van der Waals surface area contributed by atoms with Crippen LogP contribution in [0.25, 0.3) is 22.2 Å². The molecule has 0 aliphatic carbocycles. The predicted molar refractivity (Wildman–Crippen MR) is 154 cm³/mol. The highest BCUT2D eigenvalue weighted by atomic mass is 16.5. The molecule has 0 saturated heterocycles. The number of rotatable bonds is 10. The molecule has 2 heterocycles. The Hall–Kier alpha value is -4.25. The first-order chi connectivity index (χ1) is 18.1. The van der Waals surface area contributed by atoms with E-state index in [1.807, 2.05) is 50.4 Å². The predicted octanol–water partition coefficient (Wildman–Crippen LogP) is 4.51. The van der Waals surface area contributed by atoms with Crippen LogP contribution < -0.4 is 20.0 Å². The maximum Gasteiger partial charge on any atom is 0.247 e. The summed E-state index contributed by atoms with van der Waals surface area (Å²) in [6, 6.07) is 13.3. The van der Waals surface area contributed by atoms with Crippen molar-refractivity contribution < 1.29 is 9.53 Å². The van der Waals surface area contributed by atoms with Crippen molar-refractivity contribution in [2.75, 3.05) is 52.0 Å². The van der Waals surface area contributed by atoms with Crippen molar-refractivity contribution in [2.24, 2.45) is 7.05 Å². The Balaban J connectivity index is 1.74. The monoisotopic (exact) mass is 515 g/mol. The van der Waals surface area contributed by atoms with Gasteiger partial charge in [0.1, 0.15) is 11.4 Å². The van der Waals surface area contributed by atoms with Crippen LogP contribution in [0.3, 0.4) is 0 Å². The van der Waals surface area contributed by atoms with Gasteiger partial charge in [-0.25, -0.2) is 9.97 Å². The van der Waals surface area contributed by atoms with E-state index in [2.05, 4.69) is 38.9 Å². The summed E-state index contributed by atoms with van der Waals surface area (Å²) in [6.45, 7) is 4.37. The fourth-order valence-corrected chi connectivity index (χ4v) is 4.26. The highest BCUT2D eigenvalue weighted by Gasteiger charge is 2.24. The molecule has 0 aliphatic heterocycles.